The fourth-order valence-electron chi connectivity index (χ4n) is 1.82. The number of morpholine rings is 1. The third-order valence-corrected chi connectivity index (χ3v) is 3.00. The molecule has 1 heterocycles. The van der Waals surface area contributed by atoms with Gasteiger partial charge < -0.3 is 15.4 Å². The SMILES string of the molecule is CC(C)(CNC(=O)NCC(F)(F)F)N1CCOCC1. The predicted molar refractivity (Wildman–Crippen MR) is 63.9 cm³/mol. The van der Waals surface area contributed by atoms with Gasteiger partial charge in [0.2, 0.25) is 0 Å². The molecule has 0 radical (unpaired) electrons. The minimum atomic E-state index is -4.39. The first kappa shape index (κ1) is 16.0. The second-order valence-electron chi connectivity index (χ2n) is 5.06. The van der Waals surface area contributed by atoms with E-state index in [0.717, 1.165) is 13.1 Å². The van der Waals surface area contributed by atoms with E-state index in [1.807, 2.05) is 13.8 Å². The standard InChI is InChI=1S/C11H20F3N3O2/c1-10(2,17-3-5-19-6-4-17)7-15-9(18)16-8-11(12,13)14/h3-8H2,1-2H3,(H2,15,16,18). The van der Waals surface area contributed by atoms with Gasteiger partial charge in [-0.3, -0.25) is 4.90 Å². The van der Waals surface area contributed by atoms with E-state index in [9.17, 15) is 18.0 Å². The Hall–Kier alpha value is -1.02. The summed E-state index contributed by atoms with van der Waals surface area (Å²) in [4.78, 5) is 13.4. The van der Waals surface area contributed by atoms with E-state index in [1.54, 1.807) is 5.32 Å². The molecule has 0 spiro atoms. The molecule has 1 rings (SSSR count). The summed E-state index contributed by atoms with van der Waals surface area (Å²) in [6.07, 6.45) is -4.39. The molecule has 1 aliphatic rings. The van der Waals surface area contributed by atoms with E-state index in [4.69, 9.17) is 4.74 Å². The van der Waals surface area contributed by atoms with Crippen molar-refractivity contribution in [3.8, 4) is 0 Å². The molecule has 2 N–H and O–H groups in total. The number of rotatable bonds is 4. The van der Waals surface area contributed by atoms with Gasteiger partial charge in [0.15, 0.2) is 0 Å². The summed E-state index contributed by atoms with van der Waals surface area (Å²) in [5, 5.41) is 4.24. The van der Waals surface area contributed by atoms with E-state index >= 15 is 0 Å². The lowest BCUT2D eigenvalue weighted by Gasteiger charge is -2.40. The highest BCUT2D eigenvalue weighted by Gasteiger charge is 2.30. The maximum Gasteiger partial charge on any atom is 0.405 e. The molecule has 112 valence electrons. The van der Waals surface area contributed by atoms with Crippen LogP contribution in [0.2, 0.25) is 0 Å². The zero-order chi connectivity index (χ0) is 14.5. The number of carbonyl (C=O) groups excluding carboxylic acids is 1. The zero-order valence-corrected chi connectivity index (χ0v) is 11.1. The second kappa shape index (κ2) is 6.42. The van der Waals surface area contributed by atoms with Gasteiger partial charge in [0.05, 0.1) is 13.2 Å². The molecule has 8 heteroatoms. The van der Waals surface area contributed by atoms with E-state index in [1.165, 1.54) is 0 Å². The molecule has 1 fully saturated rings. The number of carbonyl (C=O) groups is 1. The molecule has 0 aromatic rings. The van der Waals surface area contributed by atoms with Gasteiger partial charge in [-0.2, -0.15) is 13.2 Å². The van der Waals surface area contributed by atoms with Crippen LogP contribution in [0.3, 0.4) is 0 Å². The molecular formula is C11H20F3N3O2. The lowest BCUT2D eigenvalue weighted by atomic mass is 10.0. The van der Waals surface area contributed by atoms with Crippen LogP contribution in [0.4, 0.5) is 18.0 Å². The van der Waals surface area contributed by atoms with Crippen molar-refractivity contribution < 1.29 is 22.7 Å². The van der Waals surface area contributed by atoms with Gasteiger partial charge >= 0.3 is 12.2 Å². The highest BCUT2D eigenvalue weighted by atomic mass is 19.4. The molecular weight excluding hydrogens is 263 g/mol. The average molecular weight is 283 g/mol. The summed E-state index contributed by atoms with van der Waals surface area (Å²) >= 11 is 0. The molecule has 2 amide bonds. The molecule has 0 aromatic heterocycles. The molecule has 19 heavy (non-hydrogen) atoms. The van der Waals surface area contributed by atoms with Crippen LogP contribution in [0.25, 0.3) is 0 Å². The first-order valence-electron chi connectivity index (χ1n) is 6.12. The minimum Gasteiger partial charge on any atom is -0.379 e. The Kier molecular flexibility index (Phi) is 5.42. The molecule has 0 bridgehead atoms. The molecule has 0 unspecified atom stereocenters. The zero-order valence-electron chi connectivity index (χ0n) is 11.1. The monoisotopic (exact) mass is 283 g/mol. The molecule has 0 aromatic carbocycles. The Morgan fingerprint density at radius 2 is 1.68 bits per heavy atom. The van der Waals surface area contributed by atoms with Crippen molar-refractivity contribution in [3.63, 3.8) is 0 Å². The third kappa shape index (κ3) is 6.11. The fourth-order valence-corrected chi connectivity index (χ4v) is 1.82. The smallest absolute Gasteiger partial charge is 0.379 e. The predicted octanol–water partition coefficient (Wildman–Crippen LogP) is 0.959. The van der Waals surface area contributed by atoms with Gasteiger partial charge in [-0.25, -0.2) is 4.79 Å². The van der Waals surface area contributed by atoms with Crippen molar-refractivity contribution in [2.45, 2.75) is 25.6 Å². The molecule has 1 saturated heterocycles. The summed E-state index contributed by atoms with van der Waals surface area (Å²) in [7, 11) is 0. The van der Waals surface area contributed by atoms with Gasteiger partial charge in [0.1, 0.15) is 6.54 Å². The number of halogens is 3. The highest BCUT2D eigenvalue weighted by molar-refractivity contribution is 5.73. The highest BCUT2D eigenvalue weighted by Crippen LogP contribution is 2.15. The number of alkyl halides is 3. The maximum atomic E-state index is 11.9. The van der Waals surface area contributed by atoms with Crippen molar-refractivity contribution >= 4 is 6.03 Å². The average Bonchev–Trinajstić information content (AvgIpc) is 2.34. The van der Waals surface area contributed by atoms with Crippen LogP contribution in [0.15, 0.2) is 0 Å². The quantitative estimate of drug-likeness (QED) is 0.808. The van der Waals surface area contributed by atoms with Gasteiger partial charge in [-0.05, 0) is 13.8 Å². The van der Waals surface area contributed by atoms with Gasteiger partial charge in [0.25, 0.3) is 0 Å². The van der Waals surface area contributed by atoms with E-state index < -0.39 is 18.8 Å². The third-order valence-electron chi connectivity index (χ3n) is 3.00. The van der Waals surface area contributed by atoms with Gasteiger partial charge in [-0.1, -0.05) is 0 Å². The Morgan fingerprint density at radius 1 is 1.16 bits per heavy atom. The lowest BCUT2D eigenvalue weighted by molar-refractivity contribution is -0.122. The maximum absolute atomic E-state index is 11.9. The van der Waals surface area contributed by atoms with Crippen LogP contribution < -0.4 is 10.6 Å². The van der Waals surface area contributed by atoms with Crippen LogP contribution in [0, 0.1) is 0 Å². The van der Waals surface area contributed by atoms with Crippen LogP contribution in [0.5, 0.6) is 0 Å². The summed E-state index contributed by atoms with van der Waals surface area (Å²) in [5.74, 6) is 0. The van der Waals surface area contributed by atoms with Gasteiger partial charge in [0, 0.05) is 25.2 Å². The van der Waals surface area contributed by atoms with Crippen LogP contribution in [-0.2, 0) is 4.74 Å². The number of hydrogen-bond donors (Lipinski definition) is 2. The first-order chi connectivity index (χ1) is 8.71. The Balaban J connectivity index is 2.31. The van der Waals surface area contributed by atoms with E-state index in [0.29, 0.717) is 13.2 Å². The molecule has 0 aliphatic carbocycles. The Morgan fingerprint density at radius 3 is 2.21 bits per heavy atom. The van der Waals surface area contributed by atoms with Crippen molar-refractivity contribution in [1.29, 1.82) is 0 Å². The molecule has 5 nitrogen and oxygen atoms in total. The van der Waals surface area contributed by atoms with Crippen molar-refractivity contribution in [1.82, 2.24) is 15.5 Å². The number of ether oxygens (including phenoxy) is 1. The van der Waals surface area contributed by atoms with Crippen LogP contribution in [-0.4, -0.2) is 62.0 Å². The van der Waals surface area contributed by atoms with Crippen LogP contribution >= 0.6 is 0 Å². The fraction of sp³-hybridized carbons (Fsp3) is 0.909. The normalized spacial score (nSPS) is 18.2. The first-order valence-corrected chi connectivity index (χ1v) is 6.12. The summed E-state index contributed by atoms with van der Waals surface area (Å²) in [5.41, 5.74) is -0.320. The summed E-state index contributed by atoms with van der Waals surface area (Å²) in [6, 6.07) is -0.807. The lowest BCUT2D eigenvalue weighted by Crippen LogP contribution is -2.56. The summed E-state index contributed by atoms with van der Waals surface area (Å²) < 4.78 is 41.0. The van der Waals surface area contributed by atoms with Crippen molar-refractivity contribution in [2.75, 3.05) is 39.4 Å². The summed E-state index contributed by atoms with van der Waals surface area (Å²) in [6.45, 7) is 5.57. The number of nitrogens with one attached hydrogen (secondary N) is 2. The van der Waals surface area contributed by atoms with Crippen molar-refractivity contribution in [2.24, 2.45) is 0 Å². The topological polar surface area (TPSA) is 53.6 Å². The minimum absolute atomic E-state index is 0.274. The molecule has 0 atom stereocenters. The number of nitrogens with zero attached hydrogens (tertiary/aromatic N) is 1. The molecule has 0 saturated carbocycles. The van der Waals surface area contributed by atoms with Gasteiger partial charge in [-0.15, -0.1) is 0 Å². The Labute approximate surface area is 110 Å². The van der Waals surface area contributed by atoms with E-state index in [-0.39, 0.29) is 12.1 Å². The van der Waals surface area contributed by atoms with E-state index in [2.05, 4.69) is 10.2 Å². The number of urea groups is 1. The number of amides is 2. The second-order valence-corrected chi connectivity index (χ2v) is 5.06. The van der Waals surface area contributed by atoms with Crippen molar-refractivity contribution in [3.05, 3.63) is 0 Å². The largest absolute Gasteiger partial charge is 0.405 e. The van der Waals surface area contributed by atoms with Crippen LogP contribution in [0.1, 0.15) is 13.8 Å². The Bertz CT molecular complexity index is 302. The molecule has 1 aliphatic heterocycles. The number of hydrogen-bond acceptors (Lipinski definition) is 3.